The molecule has 9 aromatic rings. The van der Waals surface area contributed by atoms with Crippen LogP contribution >= 0.6 is 0 Å². The Bertz CT molecular complexity index is 3840. The van der Waals surface area contributed by atoms with Crippen molar-refractivity contribution in [1.29, 1.82) is 0 Å². The normalized spacial score (nSPS) is 11.0. The van der Waals surface area contributed by atoms with Gasteiger partial charge < -0.3 is 45.8 Å². The van der Waals surface area contributed by atoms with Crippen molar-refractivity contribution >= 4 is 33.7 Å². The fraction of sp³-hybridized carbons (Fsp3) is 0.281. The molecule has 0 aliphatic carbocycles. The zero-order valence-corrected chi connectivity index (χ0v) is 47.1. The minimum Gasteiger partial charge on any atom is -0.618 e. The second-order valence-corrected chi connectivity index (χ2v) is 19.6. The van der Waals surface area contributed by atoms with Gasteiger partial charge in [0.15, 0.2) is 5.69 Å². The van der Waals surface area contributed by atoms with Gasteiger partial charge in [-0.15, -0.1) is 11.5 Å². The van der Waals surface area contributed by atoms with Gasteiger partial charge in [0.25, 0.3) is 11.4 Å². The Morgan fingerprint density at radius 1 is 0.699 bits per heavy atom. The number of pyridine rings is 3. The standard InChI is InChI=1S/C20H22N7O3.C19H17N3O2.C9H12N4O2.C9H12N4O/c1-20(2,28)16-9-4-6-12(27(16)29)10-26-11-14(24-25-26)17-13-7-5-8-15(30-3)18(13)23-19(21)22-17;1-4-16-15-6-5-7-17(24-3)18(15)22-19(21-16)20-12-13-8-10-14(23-2)11-9-13;1-9(2,14)8-5-3-4-7(13(8)15)6-11-12-10;1-9(2,14)8-5-3-4-7(12-8)6-11-13-10/h4-9,11,28-29H,10H2,1-3H3,(H2,21,22,23);1,5-11H,12H2,2-3H3,(H,20,21,22);3-5,14H,6H2,1-2H3;3-5,14H,6H2,1-2H3/q+1;;;. The molecule has 7 N–H and O–H groups in total. The summed E-state index contributed by atoms with van der Waals surface area (Å²) < 4.78 is 19.0. The minimum atomic E-state index is -1.21. The van der Waals surface area contributed by atoms with E-state index in [0.29, 0.717) is 85.3 Å². The third-order valence-corrected chi connectivity index (χ3v) is 12.0. The maximum absolute atomic E-state index is 11.7. The third-order valence-electron chi connectivity index (χ3n) is 12.0. The molecule has 9 rings (SSSR count). The van der Waals surface area contributed by atoms with Crippen LogP contribution < -0.4 is 34.7 Å². The number of terminal acetylenes is 1. The molecule has 26 heteroatoms. The van der Waals surface area contributed by atoms with Gasteiger partial charge in [0.2, 0.25) is 17.6 Å². The highest BCUT2D eigenvalue weighted by atomic mass is 16.5. The summed E-state index contributed by atoms with van der Waals surface area (Å²) in [6, 6.07) is 34.0. The van der Waals surface area contributed by atoms with Crippen molar-refractivity contribution < 1.29 is 44.2 Å². The van der Waals surface area contributed by atoms with E-state index >= 15 is 0 Å². The first-order valence-electron chi connectivity index (χ1n) is 25.3. The molecule has 428 valence electrons. The topological polar surface area (TPSA) is 370 Å². The van der Waals surface area contributed by atoms with Gasteiger partial charge in [0, 0.05) is 61.8 Å². The number of nitrogens with two attached hydrogens (primary N) is 1. The van der Waals surface area contributed by atoms with E-state index in [1.165, 1.54) is 19.9 Å². The maximum atomic E-state index is 11.7. The van der Waals surface area contributed by atoms with Crippen molar-refractivity contribution in [2.24, 2.45) is 10.2 Å². The molecule has 0 saturated carbocycles. The van der Waals surface area contributed by atoms with Crippen LogP contribution in [0.2, 0.25) is 0 Å². The van der Waals surface area contributed by atoms with Gasteiger partial charge >= 0.3 is 0 Å². The summed E-state index contributed by atoms with van der Waals surface area (Å²) in [6.07, 6.45) is 7.30. The Hall–Kier alpha value is -10.4. The smallest absolute Gasteiger partial charge is 0.265 e. The number of hydrogen-bond acceptors (Lipinski definition) is 19. The van der Waals surface area contributed by atoms with Crippen molar-refractivity contribution in [2.45, 2.75) is 84.5 Å². The number of aromatic nitrogens is 10. The average Bonchev–Trinajstić information content (AvgIpc) is 3.86. The first-order chi connectivity index (χ1) is 39.5. The van der Waals surface area contributed by atoms with Gasteiger partial charge in [-0.1, -0.05) is 51.8 Å². The van der Waals surface area contributed by atoms with Crippen LogP contribution in [0.3, 0.4) is 0 Å². The lowest BCUT2D eigenvalue weighted by molar-refractivity contribution is -0.917. The predicted octanol–water partition coefficient (Wildman–Crippen LogP) is 8.00. The molecule has 0 saturated heterocycles. The van der Waals surface area contributed by atoms with Crippen molar-refractivity contribution in [1.82, 2.24) is 39.9 Å². The van der Waals surface area contributed by atoms with Crippen LogP contribution in [0.15, 0.2) is 132 Å². The number of methoxy groups -OCH3 is 3. The molecule has 0 unspecified atom stereocenters. The van der Waals surface area contributed by atoms with E-state index in [2.05, 4.69) is 66.5 Å². The summed E-state index contributed by atoms with van der Waals surface area (Å²) in [5.41, 5.74) is 25.4. The number of nitrogens with one attached hydrogen (secondary N) is 1. The van der Waals surface area contributed by atoms with E-state index in [-0.39, 0.29) is 31.3 Å². The highest BCUT2D eigenvalue weighted by molar-refractivity contribution is 5.95. The Morgan fingerprint density at radius 3 is 1.89 bits per heavy atom. The van der Waals surface area contributed by atoms with E-state index in [1.54, 1.807) is 115 Å². The van der Waals surface area contributed by atoms with Crippen LogP contribution in [-0.2, 0) is 43.0 Å². The average molecular weight is 1130 g/mol. The van der Waals surface area contributed by atoms with Crippen molar-refractivity contribution in [3.8, 4) is 41.0 Å². The number of fused-ring (bicyclic) bond motifs is 2. The predicted molar refractivity (Wildman–Crippen MR) is 308 cm³/mol. The van der Waals surface area contributed by atoms with Crippen LogP contribution in [0.5, 0.6) is 17.2 Å². The number of benzene rings is 3. The Morgan fingerprint density at radius 2 is 1.29 bits per heavy atom. The van der Waals surface area contributed by atoms with Crippen molar-refractivity contribution in [2.75, 3.05) is 32.4 Å². The van der Waals surface area contributed by atoms with Gasteiger partial charge in [-0.25, -0.2) is 24.6 Å². The van der Waals surface area contributed by atoms with Crippen LogP contribution in [0.1, 0.15) is 87.0 Å². The van der Waals surface area contributed by atoms with Gasteiger partial charge in [0.05, 0.1) is 39.8 Å². The highest BCUT2D eigenvalue weighted by Crippen LogP contribution is 2.31. The molecule has 0 radical (unpaired) electrons. The molecule has 0 fully saturated rings. The van der Waals surface area contributed by atoms with Gasteiger partial charge in [0.1, 0.15) is 75.3 Å². The molecule has 0 spiro atoms. The molecule has 0 aliphatic rings. The number of para-hydroxylation sites is 2. The largest absolute Gasteiger partial charge is 0.618 e. The highest BCUT2D eigenvalue weighted by Gasteiger charge is 2.31. The van der Waals surface area contributed by atoms with Crippen molar-refractivity contribution in [3.63, 3.8) is 0 Å². The fourth-order valence-electron chi connectivity index (χ4n) is 7.91. The first-order valence-corrected chi connectivity index (χ1v) is 25.3. The van der Waals surface area contributed by atoms with E-state index < -0.39 is 16.8 Å². The second-order valence-electron chi connectivity index (χ2n) is 19.6. The summed E-state index contributed by atoms with van der Waals surface area (Å²) in [7, 11) is 4.82. The minimum absolute atomic E-state index is 0.0239. The molecular formula is C57H63N18O8+. The molecule has 83 heavy (non-hydrogen) atoms. The maximum Gasteiger partial charge on any atom is 0.265 e. The fourth-order valence-corrected chi connectivity index (χ4v) is 7.91. The quantitative estimate of drug-likeness (QED) is 0.0101. The van der Waals surface area contributed by atoms with Gasteiger partial charge in [-0.2, -0.15) is 4.73 Å². The summed E-state index contributed by atoms with van der Waals surface area (Å²) in [5.74, 6) is 5.25. The third kappa shape index (κ3) is 16.4. The van der Waals surface area contributed by atoms with E-state index in [4.69, 9.17) is 37.4 Å². The number of hydrogen-bond donors (Lipinski definition) is 6. The number of aliphatic hydroxyl groups is 3. The molecule has 0 bridgehead atoms. The molecule has 6 aromatic heterocycles. The lowest BCUT2D eigenvalue weighted by Gasteiger charge is -2.17. The zero-order chi connectivity index (χ0) is 60.5. The Labute approximate surface area is 477 Å². The molecule has 6 heterocycles. The van der Waals surface area contributed by atoms with Gasteiger partial charge in [-0.05, 0) is 119 Å². The van der Waals surface area contributed by atoms with Gasteiger partial charge in [-0.3, -0.25) is 10.2 Å². The number of ether oxygens (including phenoxy) is 3. The Kier molecular flexibility index (Phi) is 20.6. The molecule has 0 atom stereocenters. The molecule has 26 nitrogen and oxygen atoms in total. The summed E-state index contributed by atoms with van der Waals surface area (Å²) in [5, 5.41) is 71.6. The van der Waals surface area contributed by atoms with Crippen LogP contribution in [-0.4, -0.2) is 81.8 Å². The number of nitrogens with zero attached hydrogens (tertiary/aromatic N) is 16. The van der Waals surface area contributed by atoms with Crippen LogP contribution in [0, 0.1) is 17.6 Å². The summed E-state index contributed by atoms with van der Waals surface area (Å²) >= 11 is 0. The molecule has 0 aliphatic heterocycles. The zero-order valence-electron chi connectivity index (χ0n) is 47.1. The number of rotatable bonds is 16. The Balaban J connectivity index is 0.000000187. The summed E-state index contributed by atoms with van der Waals surface area (Å²) in [4.78, 5) is 26.9. The SMILES string of the molecule is C#Cc1nc(NCc2ccc(OC)cc2)nc2c(OC)cccc12.CC(C)(O)c1cccc(CN=[N+]=[N-])[n+]1[O-].CC(C)(O)c1cccc(CN=[N+]=[N-])n1.COc1cccc2c(-c3cn(Cc4cccc(C(C)(C)O)[n+]4O)nn3)nc(N)nc12. The number of nitrogen functional groups attached to an aromatic ring is 1. The number of anilines is 2. The first kappa shape index (κ1) is 61.8. The van der Waals surface area contributed by atoms with Crippen molar-refractivity contribution in [3.05, 3.63) is 193 Å². The van der Waals surface area contributed by atoms with Crippen LogP contribution in [0.25, 0.3) is 54.1 Å². The number of azide groups is 2. The van der Waals surface area contributed by atoms with E-state index in [9.17, 15) is 25.7 Å². The van der Waals surface area contributed by atoms with E-state index in [1.807, 2.05) is 54.6 Å². The second kappa shape index (κ2) is 27.6. The lowest BCUT2D eigenvalue weighted by atomic mass is 10.0. The summed E-state index contributed by atoms with van der Waals surface area (Å²) in [6.45, 7) is 10.6. The molecule has 0 amide bonds. The molecule has 3 aromatic carbocycles. The van der Waals surface area contributed by atoms with Crippen LogP contribution in [0.4, 0.5) is 11.9 Å². The monoisotopic (exact) mass is 1130 g/mol. The molecular weight excluding hydrogens is 1060 g/mol. The van der Waals surface area contributed by atoms with E-state index in [0.717, 1.165) is 26.8 Å². The lowest BCUT2D eigenvalue weighted by Crippen LogP contribution is -2.45.